The van der Waals surface area contributed by atoms with E-state index in [4.69, 9.17) is 0 Å². The lowest BCUT2D eigenvalue weighted by Crippen LogP contribution is -2.18. The van der Waals surface area contributed by atoms with Gasteiger partial charge in [-0.2, -0.15) is 4.98 Å². The van der Waals surface area contributed by atoms with Gasteiger partial charge in [0.25, 0.3) is 0 Å². The van der Waals surface area contributed by atoms with Crippen LogP contribution in [0.25, 0.3) is 0 Å². The maximum absolute atomic E-state index is 12.9. The Bertz CT molecular complexity index is 759. The smallest absolute Gasteiger partial charge is 0.229 e. The number of nitrogens with one attached hydrogen (secondary N) is 1. The minimum atomic E-state index is -0.271. The third-order valence-electron chi connectivity index (χ3n) is 3.39. The summed E-state index contributed by atoms with van der Waals surface area (Å²) in [6, 6.07) is 18.2. The molecule has 1 heterocycles. The van der Waals surface area contributed by atoms with Gasteiger partial charge in [-0.1, -0.05) is 30.3 Å². The van der Waals surface area contributed by atoms with E-state index < -0.39 is 0 Å². The average molecular weight is 308 g/mol. The van der Waals surface area contributed by atoms with Gasteiger partial charge in [-0.05, 0) is 35.9 Å². The van der Waals surface area contributed by atoms with E-state index in [0.29, 0.717) is 5.95 Å². The summed E-state index contributed by atoms with van der Waals surface area (Å²) in [5.74, 6) is 1.02. The van der Waals surface area contributed by atoms with Crippen LogP contribution in [0.15, 0.2) is 66.9 Å². The van der Waals surface area contributed by atoms with E-state index in [1.807, 2.05) is 36.2 Å². The van der Waals surface area contributed by atoms with Crippen LogP contribution in [0.2, 0.25) is 0 Å². The van der Waals surface area contributed by atoms with Crippen LogP contribution in [-0.4, -0.2) is 17.0 Å². The first-order chi connectivity index (χ1) is 11.2. The van der Waals surface area contributed by atoms with Crippen LogP contribution >= 0.6 is 0 Å². The Morgan fingerprint density at radius 2 is 1.74 bits per heavy atom. The molecule has 0 radical (unpaired) electrons. The second kappa shape index (κ2) is 6.87. The molecule has 0 aliphatic rings. The number of halogens is 1. The molecule has 0 atom stereocenters. The molecule has 3 aromatic rings. The van der Waals surface area contributed by atoms with E-state index in [9.17, 15) is 4.39 Å². The first-order valence-corrected chi connectivity index (χ1v) is 7.31. The fraction of sp³-hybridized carbons (Fsp3) is 0.111. The van der Waals surface area contributed by atoms with Crippen molar-refractivity contribution in [1.29, 1.82) is 0 Å². The number of hydrogen-bond donors (Lipinski definition) is 1. The molecule has 5 heteroatoms. The standard InChI is InChI=1S/C18H17FN4/c1-23(13-14-5-3-2-4-6-14)17-11-12-20-18(22-17)21-16-9-7-15(19)8-10-16/h2-12H,13H2,1H3,(H,20,21,22). The third-order valence-corrected chi connectivity index (χ3v) is 3.39. The minimum absolute atomic E-state index is 0.271. The van der Waals surface area contributed by atoms with E-state index in [-0.39, 0.29) is 5.82 Å². The van der Waals surface area contributed by atoms with Gasteiger partial charge in [0, 0.05) is 25.5 Å². The fourth-order valence-electron chi connectivity index (χ4n) is 2.22. The summed E-state index contributed by atoms with van der Waals surface area (Å²) >= 11 is 0. The molecule has 0 aliphatic heterocycles. The molecule has 23 heavy (non-hydrogen) atoms. The summed E-state index contributed by atoms with van der Waals surface area (Å²) in [6.45, 7) is 0.758. The van der Waals surface area contributed by atoms with Gasteiger partial charge in [-0.3, -0.25) is 0 Å². The van der Waals surface area contributed by atoms with Gasteiger partial charge >= 0.3 is 0 Å². The first-order valence-electron chi connectivity index (χ1n) is 7.31. The molecule has 0 fully saturated rings. The number of rotatable bonds is 5. The zero-order valence-corrected chi connectivity index (χ0v) is 12.8. The van der Waals surface area contributed by atoms with Crippen molar-refractivity contribution in [2.24, 2.45) is 0 Å². The maximum atomic E-state index is 12.9. The zero-order chi connectivity index (χ0) is 16.1. The van der Waals surface area contributed by atoms with Gasteiger partial charge < -0.3 is 10.2 Å². The van der Waals surface area contributed by atoms with Crippen LogP contribution in [0.3, 0.4) is 0 Å². The number of aromatic nitrogens is 2. The van der Waals surface area contributed by atoms with Crippen LogP contribution in [-0.2, 0) is 6.54 Å². The molecule has 116 valence electrons. The number of benzene rings is 2. The van der Waals surface area contributed by atoms with Crippen molar-refractivity contribution in [2.75, 3.05) is 17.3 Å². The highest BCUT2D eigenvalue weighted by molar-refractivity contribution is 5.54. The van der Waals surface area contributed by atoms with Crippen molar-refractivity contribution in [3.8, 4) is 0 Å². The van der Waals surface area contributed by atoms with Crippen molar-refractivity contribution in [2.45, 2.75) is 6.54 Å². The van der Waals surface area contributed by atoms with E-state index in [1.54, 1.807) is 18.3 Å². The second-order valence-corrected chi connectivity index (χ2v) is 5.21. The van der Waals surface area contributed by atoms with Crippen molar-refractivity contribution >= 4 is 17.5 Å². The fourth-order valence-corrected chi connectivity index (χ4v) is 2.22. The summed E-state index contributed by atoms with van der Waals surface area (Å²) in [5.41, 5.74) is 1.95. The summed E-state index contributed by atoms with van der Waals surface area (Å²) < 4.78 is 12.9. The Balaban J connectivity index is 1.72. The highest BCUT2D eigenvalue weighted by atomic mass is 19.1. The van der Waals surface area contributed by atoms with Crippen LogP contribution in [0.1, 0.15) is 5.56 Å². The molecule has 2 aromatic carbocycles. The number of hydrogen-bond acceptors (Lipinski definition) is 4. The average Bonchev–Trinajstić information content (AvgIpc) is 2.58. The summed E-state index contributed by atoms with van der Waals surface area (Å²) in [7, 11) is 1.98. The Morgan fingerprint density at radius 1 is 1.00 bits per heavy atom. The Morgan fingerprint density at radius 3 is 2.48 bits per heavy atom. The molecule has 0 spiro atoms. The second-order valence-electron chi connectivity index (χ2n) is 5.21. The van der Waals surface area contributed by atoms with Crippen molar-refractivity contribution in [3.63, 3.8) is 0 Å². The van der Waals surface area contributed by atoms with Crippen LogP contribution in [0, 0.1) is 5.82 Å². The highest BCUT2D eigenvalue weighted by Gasteiger charge is 2.06. The molecule has 0 unspecified atom stereocenters. The van der Waals surface area contributed by atoms with E-state index in [2.05, 4.69) is 27.4 Å². The van der Waals surface area contributed by atoms with E-state index >= 15 is 0 Å². The van der Waals surface area contributed by atoms with Gasteiger partial charge in [0.15, 0.2) is 0 Å². The molecule has 3 rings (SSSR count). The molecular weight excluding hydrogens is 291 g/mol. The number of nitrogens with zero attached hydrogens (tertiary/aromatic N) is 3. The lowest BCUT2D eigenvalue weighted by atomic mass is 10.2. The summed E-state index contributed by atoms with van der Waals surface area (Å²) in [6.07, 6.45) is 1.70. The molecule has 0 amide bonds. The van der Waals surface area contributed by atoms with E-state index in [0.717, 1.165) is 18.1 Å². The molecule has 0 aliphatic carbocycles. The lowest BCUT2D eigenvalue weighted by molar-refractivity contribution is 0.628. The molecule has 0 saturated carbocycles. The van der Waals surface area contributed by atoms with Crippen molar-refractivity contribution < 1.29 is 4.39 Å². The Labute approximate surface area is 134 Å². The van der Waals surface area contributed by atoms with Crippen molar-refractivity contribution in [3.05, 3.63) is 78.2 Å². The predicted molar refractivity (Wildman–Crippen MR) is 90.3 cm³/mol. The largest absolute Gasteiger partial charge is 0.355 e. The third kappa shape index (κ3) is 4.03. The van der Waals surface area contributed by atoms with Gasteiger partial charge in [-0.25, -0.2) is 9.37 Å². The van der Waals surface area contributed by atoms with Gasteiger partial charge in [-0.15, -0.1) is 0 Å². The number of anilines is 3. The summed E-state index contributed by atoms with van der Waals surface area (Å²) in [4.78, 5) is 10.7. The Kier molecular flexibility index (Phi) is 4.47. The Hall–Kier alpha value is -2.95. The van der Waals surface area contributed by atoms with Crippen LogP contribution in [0.4, 0.5) is 21.8 Å². The summed E-state index contributed by atoms with van der Waals surface area (Å²) in [5, 5.41) is 3.07. The predicted octanol–water partition coefficient (Wildman–Crippen LogP) is 4.00. The maximum Gasteiger partial charge on any atom is 0.229 e. The molecule has 0 bridgehead atoms. The van der Waals surface area contributed by atoms with E-state index in [1.165, 1.54) is 17.7 Å². The SMILES string of the molecule is CN(Cc1ccccc1)c1ccnc(Nc2ccc(F)cc2)n1. The minimum Gasteiger partial charge on any atom is -0.355 e. The molecule has 1 aromatic heterocycles. The van der Waals surface area contributed by atoms with Crippen LogP contribution < -0.4 is 10.2 Å². The first kappa shape index (κ1) is 15.0. The van der Waals surface area contributed by atoms with Crippen LogP contribution in [0.5, 0.6) is 0 Å². The molecule has 0 saturated heterocycles. The quantitative estimate of drug-likeness (QED) is 0.773. The highest BCUT2D eigenvalue weighted by Crippen LogP contribution is 2.17. The molecule has 1 N–H and O–H groups in total. The van der Waals surface area contributed by atoms with Crippen molar-refractivity contribution in [1.82, 2.24) is 9.97 Å². The van der Waals surface area contributed by atoms with Gasteiger partial charge in [0.2, 0.25) is 5.95 Å². The molecule has 4 nitrogen and oxygen atoms in total. The zero-order valence-electron chi connectivity index (χ0n) is 12.8. The van der Waals surface area contributed by atoms with Gasteiger partial charge in [0.1, 0.15) is 11.6 Å². The van der Waals surface area contributed by atoms with Gasteiger partial charge in [0.05, 0.1) is 0 Å². The topological polar surface area (TPSA) is 41.1 Å². The monoisotopic (exact) mass is 308 g/mol. The lowest BCUT2D eigenvalue weighted by Gasteiger charge is -2.18. The molecular formula is C18H17FN4. The normalized spacial score (nSPS) is 10.3.